The van der Waals surface area contributed by atoms with Crippen molar-refractivity contribution in [3.05, 3.63) is 47.5 Å². The first-order valence-electron chi connectivity index (χ1n) is 8.18. The molecule has 1 heterocycles. The summed E-state index contributed by atoms with van der Waals surface area (Å²) >= 11 is 0. The molecule has 0 radical (unpaired) electrons. The Morgan fingerprint density at radius 2 is 2.04 bits per heavy atom. The second-order valence-electron chi connectivity index (χ2n) is 5.82. The van der Waals surface area contributed by atoms with E-state index < -0.39 is 10.0 Å². The van der Waals surface area contributed by atoms with Crippen LogP contribution in [0.5, 0.6) is 11.5 Å². The van der Waals surface area contributed by atoms with Crippen LogP contribution in [0, 0.1) is 6.92 Å². The van der Waals surface area contributed by atoms with Crippen molar-refractivity contribution < 1.29 is 22.7 Å². The third-order valence-corrected chi connectivity index (χ3v) is 5.47. The van der Waals surface area contributed by atoms with Gasteiger partial charge in [0.15, 0.2) is 6.61 Å². The number of sulfonamides is 1. The van der Waals surface area contributed by atoms with E-state index in [0.717, 1.165) is 5.56 Å². The molecule has 0 saturated heterocycles. The number of carbonyl (C=O) groups excluding carboxylic acids is 1. The van der Waals surface area contributed by atoms with Crippen molar-refractivity contribution >= 4 is 21.6 Å². The molecule has 0 aromatic heterocycles. The monoisotopic (exact) mass is 376 g/mol. The number of hydrogen-bond donors (Lipinski definition) is 2. The predicted molar refractivity (Wildman–Crippen MR) is 96.9 cm³/mol. The highest BCUT2D eigenvalue weighted by Crippen LogP contribution is 2.33. The van der Waals surface area contributed by atoms with Crippen molar-refractivity contribution in [2.45, 2.75) is 25.3 Å². The zero-order valence-corrected chi connectivity index (χ0v) is 15.4. The first kappa shape index (κ1) is 18.2. The number of amides is 1. The Morgan fingerprint density at radius 3 is 2.81 bits per heavy atom. The lowest BCUT2D eigenvalue weighted by Crippen LogP contribution is -2.27. The van der Waals surface area contributed by atoms with Gasteiger partial charge in [0.1, 0.15) is 11.5 Å². The first-order valence-corrected chi connectivity index (χ1v) is 9.66. The zero-order chi connectivity index (χ0) is 18.7. The molecule has 0 fully saturated rings. The number of rotatable bonds is 6. The minimum Gasteiger partial charge on any atom is -0.494 e. The summed E-state index contributed by atoms with van der Waals surface area (Å²) in [7, 11) is -3.77. The molecule has 2 N–H and O–H groups in total. The van der Waals surface area contributed by atoms with E-state index in [0.29, 0.717) is 29.4 Å². The minimum absolute atomic E-state index is 0.104. The van der Waals surface area contributed by atoms with Crippen LogP contribution in [-0.2, 0) is 21.4 Å². The van der Waals surface area contributed by atoms with Crippen LogP contribution >= 0.6 is 0 Å². The highest BCUT2D eigenvalue weighted by atomic mass is 32.2. The van der Waals surface area contributed by atoms with Crippen LogP contribution < -0.4 is 19.5 Å². The summed E-state index contributed by atoms with van der Waals surface area (Å²) in [6.45, 7) is 4.01. The Balaban J connectivity index is 1.84. The van der Waals surface area contributed by atoms with Gasteiger partial charge in [0.25, 0.3) is 5.91 Å². The molecule has 2 aromatic rings. The number of anilines is 1. The topological polar surface area (TPSA) is 93.7 Å². The van der Waals surface area contributed by atoms with E-state index in [-0.39, 0.29) is 24.0 Å². The molecule has 8 heteroatoms. The van der Waals surface area contributed by atoms with Crippen molar-refractivity contribution in [1.82, 2.24) is 4.72 Å². The summed E-state index contributed by atoms with van der Waals surface area (Å²) in [5.74, 6) is 0.717. The van der Waals surface area contributed by atoms with Gasteiger partial charge in [-0.3, -0.25) is 4.79 Å². The van der Waals surface area contributed by atoms with E-state index >= 15 is 0 Å². The average Bonchev–Trinajstić information content (AvgIpc) is 2.60. The molecular weight excluding hydrogens is 356 g/mol. The molecule has 7 nitrogen and oxygen atoms in total. The molecule has 1 aliphatic heterocycles. The number of carbonyl (C=O) groups is 1. The van der Waals surface area contributed by atoms with Crippen molar-refractivity contribution in [3.8, 4) is 11.5 Å². The lowest BCUT2D eigenvalue weighted by Gasteiger charge is -2.20. The summed E-state index contributed by atoms with van der Waals surface area (Å²) < 4.78 is 38.9. The fourth-order valence-electron chi connectivity index (χ4n) is 2.70. The van der Waals surface area contributed by atoms with Gasteiger partial charge in [-0.2, -0.15) is 0 Å². The lowest BCUT2D eigenvalue weighted by molar-refractivity contribution is -0.118. The molecule has 138 valence electrons. The molecule has 0 aliphatic carbocycles. The zero-order valence-electron chi connectivity index (χ0n) is 14.5. The maximum atomic E-state index is 12.8. The summed E-state index contributed by atoms with van der Waals surface area (Å²) in [6.07, 6.45) is 0. The van der Waals surface area contributed by atoms with Crippen molar-refractivity contribution in [1.29, 1.82) is 0 Å². The highest BCUT2D eigenvalue weighted by molar-refractivity contribution is 7.89. The summed E-state index contributed by atoms with van der Waals surface area (Å²) in [6, 6.07) is 10.3. The minimum atomic E-state index is -3.77. The van der Waals surface area contributed by atoms with Gasteiger partial charge in [-0.05, 0) is 31.5 Å². The van der Waals surface area contributed by atoms with Crippen molar-refractivity contribution in [2.75, 3.05) is 18.5 Å². The van der Waals surface area contributed by atoms with E-state index in [4.69, 9.17) is 9.47 Å². The number of para-hydroxylation sites is 1. The smallest absolute Gasteiger partial charge is 0.262 e. The number of ether oxygens (including phenoxy) is 2. The van der Waals surface area contributed by atoms with E-state index in [9.17, 15) is 13.2 Å². The van der Waals surface area contributed by atoms with Crippen LogP contribution in [0.15, 0.2) is 41.3 Å². The molecule has 1 amide bonds. The molecule has 0 atom stereocenters. The van der Waals surface area contributed by atoms with Crippen LogP contribution in [-0.4, -0.2) is 27.5 Å². The first-order chi connectivity index (χ1) is 12.4. The van der Waals surface area contributed by atoms with Gasteiger partial charge in [-0.15, -0.1) is 0 Å². The van der Waals surface area contributed by atoms with Gasteiger partial charge < -0.3 is 14.8 Å². The average molecular weight is 376 g/mol. The lowest BCUT2D eigenvalue weighted by atomic mass is 10.2. The highest BCUT2D eigenvalue weighted by Gasteiger charge is 2.23. The normalized spacial score (nSPS) is 13.5. The quantitative estimate of drug-likeness (QED) is 0.806. The maximum Gasteiger partial charge on any atom is 0.262 e. The van der Waals surface area contributed by atoms with E-state index in [1.807, 2.05) is 25.1 Å². The van der Waals surface area contributed by atoms with Gasteiger partial charge in [0.2, 0.25) is 10.0 Å². The SMILES string of the molecule is CCOc1ccccc1CNS(=O)(=O)c1cc2c(cc1C)NC(=O)CO2. The molecule has 2 aromatic carbocycles. The Morgan fingerprint density at radius 1 is 1.27 bits per heavy atom. The number of fused-ring (bicyclic) bond motifs is 1. The van der Waals surface area contributed by atoms with Crippen LogP contribution in [0.1, 0.15) is 18.1 Å². The fraction of sp³-hybridized carbons (Fsp3) is 0.278. The number of benzene rings is 2. The van der Waals surface area contributed by atoms with Gasteiger partial charge >= 0.3 is 0 Å². The van der Waals surface area contributed by atoms with Gasteiger partial charge in [0, 0.05) is 18.2 Å². The fourth-order valence-corrected chi connectivity index (χ4v) is 3.95. The molecule has 0 unspecified atom stereocenters. The Labute approximate surface area is 152 Å². The van der Waals surface area contributed by atoms with Gasteiger partial charge in [-0.1, -0.05) is 18.2 Å². The van der Waals surface area contributed by atoms with Crippen LogP contribution in [0.25, 0.3) is 0 Å². The van der Waals surface area contributed by atoms with Gasteiger partial charge in [-0.25, -0.2) is 13.1 Å². The number of hydrogen-bond acceptors (Lipinski definition) is 5. The van der Waals surface area contributed by atoms with Crippen LogP contribution in [0.4, 0.5) is 5.69 Å². The maximum absolute atomic E-state index is 12.8. The molecule has 0 bridgehead atoms. The summed E-state index contributed by atoms with van der Waals surface area (Å²) in [5.41, 5.74) is 1.73. The van der Waals surface area contributed by atoms with E-state index in [1.165, 1.54) is 6.07 Å². The van der Waals surface area contributed by atoms with E-state index in [1.54, 1.807) is 19.1 Å². The largest absolute Gasteiger partial charge is 0.494 e. The third kappa shape index (κ3) is 3.81. The van der Waals surface area contributed by atoms with Crippen LogP contribution in [0.2, 0.25) is 0 Å². The molecule has 26 heavy (non-hydrogen) atoms. The Hall–Kier alpha value is -2.58. The van der Waals surface area contributed by atoms with Crippen LogP contribution in [0.3, 0.4) is 0 Å². The summed E-state index contributed by atoms with van der Waals surface area (Å²) in [4.78, 5) is 11.5. The molecule has 3 rings (SSSR count). The molecule has 1 aliphatic rings. The van der Waals surface area contributed by atoms with E-state index in [2.05, 4.69) is 10.0 Å². The Kier molecular flexibility index (Phi) is 5.15. The molecule has 0 spiro atoms. The summed E-state index contributed by atoms with van der Waals surface area (Å²) in [5, 5.41) is 2.66. The Bertz CT molecular complexity index is 941. The molecule has 0 saturated carbocycles. The second kappa shape index (κ2) is 7.35. The number of aryl methyl sites for hydroxylation is 1. The predicted octanol–water partition coefficient (Wildman–Crippen LogP) is 2.20. The van der Waals surface area contributed by atoms with Crippen molar-refractivity contribution in [3.63, 3.8) is 0 Å². The third-order valence-electron chi connectivity index (χ3n) is 3.92. The second-order valence-corrected chi connectivity index (χ2v) is 7.55. The molecular formula is C18H20N2O5S. The number of nitrogens with one attached hydrogen (secondary N) is 2. The van der Waals surface area contributed by atoms with Gasteiger partial charge in [0.05, 0.1) is 17.2 Å². The van der Waals surface area contributed by atoms with Crippen molar-refractivity contribution in [2.24, 2.45) is 0 Å². The standard InChI is InChI=1S/C18H20N2O5S/c1-3-24-15-7-5-4-6-13(15)10-19-26(22,23)17-9-16-14(8-12(17)2)20-18(21)11-25-16/h4-9,19H,3,10-11H2,1-2H3,(H,20,21).